The van der Waals surface area contributed by atoms with Crippen LogP contribution in [-0.4, -0.2) is 47.0 Å². The van der Waals surface area contributed by atoms with Gasteiger partial charge in [-0.15, -0.1) is 0 Å². The number of aromatic nitrogens is 1. The Bertz CT molecular complexity index is 744. The normalized spacial score (nSPS) is 16.0. The Kier molecular flexibility index (Phi) is 5.48. The molecule has 0 radical (unpaired) electrons. The molecule has 0 saturated carbocycles. The minimum absolute atomic E-state index is 0.0108. The maximum Gasteiger partial charge on any atom is 0.259 e. The average Bonchev–Trinajstić information content (AvgIpc) is 2.83. The molecule has 0 bridgehead atoms. The lowest BCUT2D eigenvalue weighted by Crippen LogP contribution is -2.35. The molecule has 1 fully saturated rings. The molecule has 0 atom stereocenters. The number of halogens is 1. The van der Waals surface area contributed by atoms with Gasteiger partial charge in [0, 0.05) is 38.3 Å². The number of hydrogen-bond donors (Lipinski definition) is 0. The fraction of sp³-hybridized carbons (Fsp3) is 0.474. The third kappa shape index (κ3) is 3.90. The molecule has 134 valence electrons. The summed E-state index contributed by atoms with van der Waals surface area (Å²) in [5, 5.41) is 3.98. The van der Waals surface area contributed by atoms with Crippen LogP contribution in [0.2, 0.25) is 0 Å². The van der Waals surface area contributed by atoms with Gasteiger partial charge in [0.2, 0.25) is 0 Å². The molecule has 3 rings (SSSR count). The van der Waals surface area contributed by atoms with Crippen molar-refractivity contribution in [3.63, 3.8) is 0 Å². The van der Waals surface area contributed by atoms with Gasteiger partial charge in [0.05, 0.1) is 5.69 Å². The molecule has 2 aromatic rings. The molecule has 1 aromatic carbocycles. The van der Waals surface area contributed by atoms with Crippen molar-refractivity contribution >= 4 is 5.91 Å². The van der Waals surface area contributed by atoms with E-state index in [1.54, 1.807) is 13.0 Å². The van der Waals surface area contributed by atoms with E-state index in [0.717, 1.165) is 25.2 Å². The molecule has 0 unspecified atom stereocenters. The number of rotatable bonds is 4. The first-order valence-electron chi connectivity index (χ1n) is 8.80. The lowest BCUT2D eigenvalue weighted by molar-refractivity contribution is 0.0758. The second-order valence-corrected chi connectivity index (χ2v) is 6.43. The van der Waals surface area contributed by atoms with Gasteiger partial charge in [0.15, 0.2) is 0 Å². The highest BCUT2D eigenvalue weighted by molar-refractivity contribution is 5.96. The molecule has 0 spiro atoms. The second-order valence-electron chi connectivity index (χ2n) is 6.43. The van der Waals surface area contributed by atoms with Crippen molar-refractivity contribution in [2.24, 2.45) is 0 Å². The van der Waals surface area contributed by atoms with Crippen molar-refractivity contribution in [1.82, 2.24) is 15.0 Å². The van der Waals surface area contributed by atoms with Crippen molar-refractivity contribution in [3.8, 4) is 0 Å². The Morgan fingerprint density at radius 2 is 2.04 bits per heavy atom. The quantitative estimate of drug-likeness (QED) is 0.855. The summed E-state index contributed by atoms with van der Waals surface area (Å²) in [4.78, 5) is 16.9. The van der Waals surface area contributed by atoms with Crippen LogP contribution in [0.1, 0.15) is 40.7 Å². The first kappa shape index (κ1) is 17.6. The predicted molar refractivity (Wildman–Crippen MR) is 92.8 cm³/mol. The maximum atomic E-state index is 13.9. The summed E-state index contributed by atoms with van der Waals surface area (Å²) in [5.41, 5.74) is 2.02. The van der Waals surface area contributed by atoms with E-state index in [2.05, 4.69) is 10.1 Å². The van der Waals surface area contributed by atoms with Gasteiger partial charge < -0.3 is 9.42 Å². The topological polar surface area (TPSA) is 49.6 Å². The third-order valence-corrected chi connectivity index (χ3v) is 4.71. The Hall–Kier alpha value is -2.21. The summed E-state index contributed by atoms with van der Waals surface area (Å²) in [7, 11) is 0. The molecule has 1 aromatic heterocycles. The van der Waals surface area contributed by atoms with Crippen LogP contribution < -0.4 is 0 Å². The molecule has 5 nitrogen and oxygen atoms in total. The van der Waals surface area contributed by atoms with E-state index in [1.807, 2.05) is 24.0 Å². The summed E-state index contributed by atoms with van der Waals surface area (Å²) < 4.78 is 19.0. The second kappa shape index (κ2) is 7.78. The number of benzene rings is 1. The zero-order valence-corrected chi connectivity index (χ0v) is 14.8. The van der Waals surface area contributed by atoms with E-state index >= 15 is 0 Å². The molecule has 1 aliphatic rings. The fourth-order valence-corrected chi connectivity index (χ4v) is 3.29. The van der Waals surface area contributed by atoms with Crippen LogP contribution in [0.5, 0.6) is 0 Å². The Morgan fingerprint density at radius 1 is 1.24 bits per heavy atom. The molecule has 0 N–H and O–H groups in total. The third-order valence-electron chi connectivity index (χ3n) is 4.71. The summed E-state index contributed by atoms with van der Waals surface area (Å²) in [5.74, 6) is 0.394. The van der Waals surface area contributed by atoms with E-state index in [1.165, 1.54) is 6.07 Å². The first-order chi connectivity index (χ1) is 12.1. The fourth-order valence-electron chi connectivity index (χ4n) is 3.29. The van der Waals surface area contributed by atoms with Crippen LogP contribution in [-0.2, 0) is 13.0 Å². The Morgan fingerprint density at radius 3 is 2.80 bits per heavy atom. The number of nitrogens with zero attached hydrogens (tertiary/aromatic N) is 3. The molecule has 1 aliphatic heterocycles. The SMILES string of the molecule is CCc1noc(C)c1C(=O)N1CCCN(Cc2ccccc2F)CC1. The van der Waals surface area contributed by atoms with Crippen LogP contribution >= 0.6 is 0 Å². The molecular weight excluding hydrogens is 321 g/mol. The van der Waals surface area contributed by atoms with Crippen LogP contribution in [0.15, 0.2) is 28.8 Å². The minimum Gasteiger partial charge on any atom is -0.361 e. The van der Waals surface area contributed by atoms with Gasteiger partial charge >= 0.3 is 0 Å². The number of aryl methyl sites for hydroxylation is 2. The van der Waals surface area contributed by atoms with Crippen LogP contribution in [0.3, 0.4) is 0 Å². The van der Waals surface area contributed by atoms with E-state index < -0.39 is 0 Å². The molecule has 0 aliphatic carbocycles. The van der Waals surface area contributed by atoms with Gasteiger partial charge in [0.25, 0.3) is 5.91 Å². The van der Waals surface area contributed by atoms with E-state index in [4.69, 9.17) is 4.52 Å². The Labute approximate surface area is 147 Å². The van der Waals surface area contributed by atoms with Crippen LogP contribution in [0, 0.1) is 12.7 Å². The zero-order valence-electron chi connectivity index (χ0n) is 14.8. The number of carbonyl (C=O) groups is 1. The summed E-state index contributed by atoms with van der Waals surface area (Å²) in [6.45, 7) is 7.21. The van der Waals surface area contributed by atoms with Gasteiger partial charge in [-0.05, 0) is 25.8 Å². The standard InChI is InChI=1S/C19H24FN3O2/c1-3-17-18(14(2)25-21-17)19(24)23-10-6-9-22(11-12-23)13-15-7-4-5-8-16(15)20/h4-5,7-8H,3,6,9-13H2,1-2H3. The maximum absolute atomic E-state index is 13.9. The molecule has 2 heterocycles. The predicted octanol–water partition coefficient (Wildman–Crippen LogP) is 3.03. The first-order valence-corrected chi connectivity index (χ1v) is 8.80. The molecule has 1 saturated heterocycles. The average molecular weight is 345 g/mol. The van der Waals surface area contributed by atoms with Crippen LogP contribution in [0.4, 0.5) is 4.39 Å². The van der Waals surface area contributed by atoms with Crippen molar-refractivity contribution in [2.45, 2.75) is 33.2 Å². The Balaban J connectivity index is 1.66. The van der Waals surface area contributed by atoms with Crippen molar-refractivity contribution in [2.75, 3.05) is 26.2 Å². The zero-order chi connectivity index (χ0) is 17.8. The van der Waals surface area contributed by atoms with E-state index in [-0.39, 0.29) is 11.7 Å². The molecular formula is C19H24FN3O2. The van der Waals surface area contributed by atoms with Crippen molar-refractivity contribution in [3.05, 3.63) is 52.7 Å². The number of hydrogen-bond acceptors (Lipinski definition) is 4. The van der Waals surface area contributed by atoms with E-state index in [0.29, 0.717) is 42.9 Å². The summed E-state index contributed by atoms with van der Waals surface area (Å²) in [6.07, 6.45) is 1.54. The molecule has 1 amide bonds. The largest absolute Gasteiger partial charge is 0.361 e. The van der Waals surface area contributed by atoms with Gasteiger partial charge in [-0.2, -0.15) is 0 Å². The molecule has 6 heteroatoms. The monoisotopic (exact) mass is 345 g/mol. The summed E-state index contributed by atoms with van der Waals surface area (Å²) >= 11 is 0. The minimum atomic E-state index is -0.174. The van der Waals surface area contributed by atoms with Crippen LogP contribution in [0.25, 0.3) is 0 Å². The highest BCUT2D eigenvalue weighted by atomic mass is 19.1. The van der Waals surface area contributed by atoms with E-state index in [9.17, 15) is 9.18 Å². The van der Waals surface area contributed by atoms with Crippen molar-refractivity contribution < 1.29 is 13.7 Å². The van der Waals surface area contributed by atoms with Gasteiger partial charge in [-0.25, -0.2) is 4.39 Å². The lowest BCUT2D eigenvalue weighted by atomic mass is 10.1. The van der Waals surface area contributed by atoms with Gasteiger partial charge in [0.1, 0.15) is 17.1 Å². The highest BCUT2D eigenvalue weighted by Crippen LogP contribution is 2.18. The van der Waals surface area contributed by atoms with Crippen molar-refractivity contribution in [1.29, 1.82) is 0 Å². The number of amides is 1. The lowest BCUT2D eigenvalue weighted by Gasteiger charge is -2.22. The highest BCUT2D eigenvalue weighted by Gasteiger charge is 2.26. The van der Waals surface area contributed by atoms with Gasteiger partial charge in [-0.1, -0.05) is 30.3 Å². The smallest absolute Gasteiger partial charge is 0.259 e. The van der Waals surface area contributed by atoms with Gasteiger partial charge in [-0.3, -0.25) is 9.69 Å². The summed E-state index contributed by atoms with van der Waals surface area (Å²) in [6, 6.07) is 6.86. The number of carbonyl (C=O) groups excluding carboxylic acids is 1. The molecule has 25 heavy (non-hydrogen) atoms.